The van der Waals surface area contributed by atoms with Crippen molar-refractivity contribution in [2.24, 2.45) is 0 Å². The molecule has 1 aliphatic heterocycles. The van der Waals surface area contributed by atoms with Gasteiger partial charge in [0.1, 0.15) is 0 Å². The second-order valence-corrected chi connectivity index (χ2v) is 7.38. The Kier molecular flexibility index (Phi) is 8.75. The molecule has 2 N–H and O–H groups in total. The van der Waals surface area contributed by atoms with Crippen molar-refractivity contribution in [3.63, 3.8) is 0 Å². The van der Waals surface area contributed by atoms with E-state index in [-0.39, 0.29) is 0 Å². The average Bonchev–Trinajstić information content (AvgIpc) is 2.70. The maximum Gasteiger partial charge on any atom is 0.414 e. The molecular weight excluding hydrogens is 344 g/mol. The van der Waals surface area contributed by atoms with Gasteiger partial charge in [0.05, 0.1) is 0 Å². The van der Waals surface area contributed by atoms with E-state index in [0.717, 1.165) is 19.0 Å². The van der Waals surface area contributed by atoms with Crippen molar-refractivity contribution >= 4 is 11.9 Å². The highest BCUT2D eigenvalue weighted by Gasteiger charge is 2.24. The molecule has 2 fully saturated rings. The van der Waals surface area contributed by atoms with Crippen LogP contribution in [0.1, 0.15) is 50.2 Å². The van der Waals surface area contributed by atoms with Crippen LogP contribution in [0.4, 0.5) is 0 Å². The SMILES string of the molecule is CCc1ccc(CN2CCN(C3CCCCC3)CC2)cc1.O=C(O)C(=O)O. The molecule has 1 heterocycles. The smallest absolute Gasteiger partial charge is 0.414 e. The molecule has 150 valence electrons. The van der Waals surface area contributed by atoms with Crippen LogP contribution in [0.15, 0.2) is 24.3 Å². The Hall–Kier alpha value is -1.92. The van der Waals surface area contributed by atoms with Gasteiger partial charge in [-0.05, 0) is 30.4 Å². The number of carboxylic acids is 2. The molecule has 2 aliphatic rings. The minimum atomic E-state index is -1.82. The van der Waals surface area contributed by atoms with Gasteiger partial charge in [-0.1, -0.05) is 50.5 Å². The molecule has 3 rings (SSSR count). The van der Waals surface area contributed by atoms with Gasteiger partial charge in [0.2, 0.25) is 0 Å². The molecule has 1 saturated carbocycles. The summed E-state index contributed by atoms with van der Waals surface area (Å²) in [6.07, 6.45) is 8.39. The van der Waals surface area contributed by atoms with Crippen LogP contribution >= 0.6 is 0 Å². The highest BCUT2D eigenvalue weighted by molar-refractivity contribution is 6.27. The van der Waals surface area contributed by atoms with Gasteiger partial charge >= 0.3 is 11.9 Å². The van der Waals surface area contributed by atoms with Crippen LogP contribution in [-0.4, -0.2) is 64.2 Å². The Balaban J connectivity index is 0.000000380. The molecule has 1 aromatic rings. The summed E-state index contributed by atoms with van der Waals surface area (Å²) < 4.78 is 0. The van der Waals surface area contributed by atoms with Gasteiger partial charge in [-0.15, -0.1) is 0 Å². The third kappa shape index (κ3) is 7.31. The molecule has 6 nitrogen and oxygen atoms in total. The average molecular weight is 376 g/mol. The zero-order valence-corrected chi connectivity index (χ0v) is 16.3. The molecule has 6 heteroatoms. The van der Waals surface area contributed by atoms with Gasteiger partial charge in [0.15, 0.2) is 0 Å². The second kappa shape index (κ2) is 11.0. The number of carbonyl (C=O) groups is 2. The lowest BCUT2D eigenvalue weighted by Gasteiger charge is -2.40. The number of carboxylic acid groups (broad SMARTS) is 2. The van der Waals surface area contributed by atoms with Crippen LogP contribution in [0, 0.1) is 0 Å². The van der Waals surface area contributed by atoms with Crippen LogP contribution in [0.2, 0.25) is 0 Å². The van der Waals surface area contributed by atoms with Gasteiger partial charge in [0.25, 0.3) is 0 Å². The van der Waals surface area contributed by atoms with Gasteiger partial charge in [-0.3, -0.25) is 9.80 Å². The van der Waals surface area contributed by atoms with Gasteiger partial charge in [0, 0.05) is 38.8 Å². The van der Waals surface area contributed by atoms with Crippen molar-refractivity contribution in [1.82, 2.24) is 9.80 Å². The summed E-state index contributed by atoms with van der Waals surface area (Å²) in [4.78, 5) is 23.6. The number of aliphatic carboxylic acids is 2. The number of hydrogen-bond acceptors (Lipinski definition) is 4. The molecule has 1 aromatic carbocycles. The predicted octanol–water partition coefficient (Wildman–Crippen LogP) is 2.85. The minimum Gasteiger partial charge on any atom is -0.473 e. The maximum atomic E-state index is 9.10. The van der Waals surface area contributed by atoms with E-state index < -0.39 is 11.9 Å². The fourth-order valence-electron chi connectivity index (χ4n) is 3.87. The van der Waals surface area contributed by atoms with Crippen molar-refractivity contribution in [2.45, 2.75) is 58.0 Å². The lowest BCUT2D eigenvalue weighted by molar-refractivity contribution is -0.159. The van der Waals surface area contributed by atoms with Crippen LogP contribution in [-0.2, 0) is 22.6 Å². The fourth-order valence-corrected chi connectivity index (χ4v) is 3.87. The van der Waals surface area contributed by atoms with E-state index in [1.807, 2.05) is 0 Å². The molecule has 1 saturated heterocycles. The van der Waals surface area contributed by atoms with E-state index in [0.29, 0.717) is 0 Å². The molecule has 1 aliphatic carbocycles. The lowest BCUT2D eigenvalue weighted by Crippen LogP contribution is -2.50. The molecular formula is C21H32N2O4. The predicted molar refractivity (Wildman–Crippen MR) is 105 cm³/mol. The van der Waals surface area contributed by atoms with E-state index in [1.54, 1.807) is 0 Å². The summed E-state index contributed by atoms with van der Waals surface area (Å²) in [5, 5.41) is 14.8. The molecule has 0 aromatic heterocycles. The van der Waals surface area contributed by atoms with Crippen molar-refractivity contribution in [3.8, 4) is 0 Å². The first-order valence-electron chi connectivity index (χ1n) is 10.00. The normalized spacial score (nSPS) is 19.1. The van der Waals surface area contributed by atoms with Crippen molar-refractivity contribution in [3.05, 3.63) is 35.4 Å². The summed E-state index contributed by atoms with van der Waals surface area (Å²) in [6, 6.07) is 10.1. The quantitative estimate of drug-likeness (QED) is 0.787. The Bertz CT molecular complexity index is 577. The Morgan fingerprint density at radius 1 is 0.889 bits per heavy atom. The summed E-state index contributed by atoms with van der Waals surface area (Å²) in [5.74, 6) is -3.65. The van der Waals surface area contributed by atoms with Crippen LogP contribution < -0.4 is 0 Å². The molecule has 0 bridgehead atoms. The third-order valence-electron chi connectivity index (χ3n) is 5.52. The zero-order valence-electron chi connectivity index (χ0n) is 16.3. The van der Waals surface area contributed by atoms with E-state index in [4.69, 9.17) is 19.8 Å². The van der Waals surface area contributed by atoms with Crippen LogP contribution in [0.5, 0.6) is 0 Å². The van der Waals surface area contributed by atoms with E-state index >= 15 is 0 Å². The molecule has 0 radical (unpaired) electrons. The molecule has 0 spiro atoms. The number of aryl methyl sites for hydroxylation is 1. The van der Waals surface area contributed by atoms with Crippen LogP contribution in [0.3, 0.4) is 0 Å². The fraction of sp³-hybridized carbons (Fsp3) is 0.619. The van der Waals surface area contributed by atoms with Crippen LogP contribution in [0.25, 0.3) is 0 Å². The largest absolute Gasteiger partial charge is 0.473 e. The summed E-state index contributed by atoms with van der Waals surface area (Å²) >= 11 is 0. The first-order chi connectivity index (χ1) is 13.0. The summed E-state index contributed by atoms with van der Waals surface area (Å²) in [5.41, 5.74) is 2.92. The molecule has 27 heavy (non-hydrogen) atoms. The molecule has 0 unspecified atom stereocenters. The topological polar surface area (TPSA) is 81.1 Å². The summed E-state index contributed by atoms with van der Waals surface area (Å²) in [7, 11) is 0. The number of piperazine rings is 1. The first-order valence-corrected chi connectivity index (χ1v) is 10.00. The second-order valence-electron chi connectivity index (χ2n) is 7.38. The molecule has 0 amide bonds. The lowest BCUT2D eigenvalue weighted by atomic mass is 9.94. The van der Waals surface area contributed by atoms with Crippen molar-refractivity contribution < 1.29 is 19.8 Å². The highest BCUT2D eigenvalue weighted by atomic mass is 16.4. The van der Waals surface area contributed by atoms with Gasteiger partial charge < -0.3 is 10.2 Å². The number of benzene rings is 1. The maximum absolute atomic E-state index is 9.10. The standard InChI is InChI=1S/C19H30N2.C2H2O4/c1-2-17-8-10-18(11-9-17)16-20-12-14-21(15-13-20)19-6-4-3-5-7-19;3-1(4)2(5)6/h8-11,19H,2-7,12-16H2,1H3;(H,3,4)(H,5,6). The zero-order chi connectivity index (χ0) is 19.6. The summed E-state index contributed by atoms with van der Waals surface area (Å²) in [6.45, 7) is 8.38. The van der Waals surface area contributed by atoms with E-state index in [2.05, 4.69) is 41.0 Å². The monoisotopic (exact) mass is 376 g/mol. The number of rotatable bonds is 4. The first kappa shape index (κ1) is 21.4. The third-order valence-corrected chi connectivity index (χ3v) is 5.52. The minimum absolute atomic E-state index is 0.893. The Morgan fingerprint density at radius 3 is 1.89 bits per heavy atom. The Morgan fingerprint density at radius 2 is 1.41 bits per heavy atom. The van der Waals surface area contributed by atoms with E-state index in [9.17, 15) is 0 Å². The van der Waals surface area contributed by atoms with Gasteiger partial charge in [-0.25, -0.2) is 9.59 Å². The van der Waals surface area contributed by atoms with Crippen molar-refractivity contribution in [2.75, 3.05) is 26.2 Å². The van der Waals surface area contributed by atoms with Gasteiger partial charge in [-0.2, -0.15) is 0 Å². The van der Waals surface area contributed by atoms with E-state index in [1.165, 1.54) is 69.4 Å². The molecule has 0 atom stereocenters. The Labute approximate surface area is 161 Å². The van der Waals surface area contributed by atoms with Crippen molar-refractivity contribution in [1.29, 1.82) is 0 Å². The number of nitrogens with zero attached hydrogens (tertiary/aromatic N) is 2. The highest BCUT2D eigenvalue weighted by Crippen LogP contribution is 2.23. The number of hydrogen-bond donors (Lipinski definition) is 2.